The van der Waals surface area contributed by atoms with Gasteiger partial charge in [-0.3, -0.25) is 0 Å². The molecule has 5 aromatic rings. The molecule has 30 heavy (non-hydrogen) atoms. The first-order valence-electron chi connectivity index (χ1n) is 9.79. The van der Waals surface area contributed by atoms with E-state index in [2.05, 4.69) is 45.4 Å². The third kappa shape index (κ3) is 3.47. The fourth-order valence-electron chi connectivity index (χ4n) is 3.46. The lowest BCUT2D eigenvalue weighted by Gasteiger charge is -2.26. The van der Waals surface area contributed by atoms with E-state index in [-0.39, 0.29) is 0 Å². The molecule has 0 N–H and O–H groups in total. The van der Waals surface area contributed by atoms with Gasteiger partial charge in [0.2, 0.25) is 11.8 Å². The van der Waals surface area contributed by atoms with Crippen molar-refractivity contribution in [1.29, 1.82) is 0 Å². The predicted octanol–water partition coefficient (Wildman–Crippen LogP) is 6.87. The van der Waals surface area contributed by atoms with Gasteiger partial charge in [-0.05, 0) is 48.5 Å². The molecule has 0 bridgehead atoms. The van der Waals surface area contributed by atoms with E-state index in [0.717, 1.165) is 28.2 Å². The molecule has 0 saturated heterocycles. The van der Waals surface area contributed by atoms with E-state index in [4.69, 9.17) is 4.42 Å². The number of nitrogens with zero attached hydrogens (tertiary/aromatic N) is 3. The van der Waals surface area contributed by atoms with Crippen LogP contribution in [0.25, 0.3) is 22.9 Å². The number of aromatic nitrogens is 2. The molecular weight excluding hydrogens is 370 g/mol. The monoisotopic (exact) mass is 389 g/mol. The standard InChI is InChI=1S/C26H19N3O/c1-4-12-20(13-5-1)25-27-28-26(30-25)23-18-10-11-19-24(23)29(21-14-6-2-7-15-21)22-16-8-3-9-17-22/h1-19H. The van der Waals surface area contributed by atoms with Crippen molar-refractivity contribution in [3.05, 3.63) is 115 Å². The van der Waals surface area contributed by atoms with Gasteiger partial charge in [0.25, 0.3) is 0 Å². The maximum atomic E-state index is 6.07. The van der Waals surface area contributed by atoms with Gasteiger partial charge < -0.3 is 9.32 Å². The number of para-hydroxylation sites is 3. The predicted molar refractivity (Wildman–Crippen MR) is 120 cm³/mol. The van der Waals surface area contributed by atoms with Gasteiger partial charge >= 0.3 is 0 Å². The smallest absolute Gasteiger partial charge is 0.250 e. The van der Waals surface area contributed by atoms with Crippen molar-refractivity contribution in [3.63, 3.8) is 0 Å². The molecule has 0 unspecified atom stereocenters. The largest absolute Gasteiger partial charge is 0.416 e. The minimum atomic E-state index is 0.487. The van der Waals surface area contributed by atoms with Crippen LogP contribution in [-0.4, -0.2) is 10.2 Å². The van der Waals surface area contributed by atoms with E-state index in [1.807, 2.05) is 84.9 Å². The Morgan fingerprint density at radius 3 is 1.63 bits per heavy atom. The summed E-state index contributed by atoms with van der Waals surface area (Å²) in [7, 11) is 0. The normalized spacial score (nSPS) is 10.7. The molecule has 1 heterocycles. The van der Waals surface area contributed by atoms with E-state index in [9.17, 15) is 0 Å². The molecular formula is C26H19N3O. The zero-order valence-electron chi connectivity index (χ0n) is 16.2. The van der Waals surface area contributed by atoms with Crippen molar-refractivity contribution >= 4 is 17.1 Å². The fourth-order valence-corrected chi connectivity index (χ4v) is 3.46. The van der Waals surface area contributed by atoms with Crippen LogP contribution in [0.3, 0.4) is 0 Å². The highest BCUT2D eigenvalue weighted by atomic mass is 16.4. The summed E-state index contributed by atoms with van der Waals surface area (Å²) in [4.78, 5) is 2.20. The van der Waals surface area contributed by atoms with Crippen molar-refractivity contribution in [2.75, 3.05) is 4.90 Å². The number of rotatable bonds is 5. The highest BCUT2D eigenvalue weighted by Crippen LogP contribution is 2.40. The van der Waals surface area contributed by atoms with Crippen molar-refractivity contribution in [3.8, 4) is 22.9 Å². The summed E-state index contributed by atoms with van der Waals surface area (Å²) < 4.78 is 6.07. The van der Waals surface area contributed by atoms with Gasteiger partial charge in [0, 0.05) is 16.9 Å². The molecule has 0 aliphatic rings. The van der Waals surface area contributed by atoms with Gasteiger partial charge in [-0.25, -0.2) is 0 Å². The number of anilines is 3. The topological polar surface area (TPSA) is 42.2 Å². The first kappa shape index (κ1) is 17.9. The summed E-state index contributed by atoms with van der Waals surface area (Å²) in [5.74, 6) is 0.993. The van der Waals surface area contributed by atoms with E-state index in [1.165, 1.54) is 0 Å². The number of benzene rings is 4. The van der Waals surface area contributed by atoms with Gasteiger partial charge in [0.15, 0.2) is 0 Å². The minimum Gasteiger partial charge on any atom is -0.416 e. The summed E-state index contributed by atoms with van der Waals surface area (Å²) >= 11 is 0. The second kappa shape index (κ2) is 8.05. The summed E-state index contributed by atoms with van der Waals surface area (Å²) in [5.41, 5.74) is 4.85. The lowest BCUT2D eigenvalue weighted by molar-refractivity contribution is 0.584. The molecule has 1 aromatic heterocycles. The molecule has 0 spiro atoms. The van der Waals surface area contributed by atoms with Crippen LogP contribution in [0, 0.1) is 0 Å². The lowest BCUT2D eigenvalue weighted by Crippen LogP contribution is -2.10. The average Bonchev–Trinajstić information content (AvgIpc) is 3.32. The Morgan fingerprint density at radius 1 is 0.500 bits per heavy atom. The molecule has 4 nitrogen and oxygen atoms in total. The average molecular weight is 389 g/mol. The van der Waals surface area contributed by atoms with Crippen molar-refractivity contribution < 1.29 is 4.42 Å². The molecule has 4 heteroatoms. The second-order valence-electron chi connectivity index (χ2n) is 6.80. The van der Waals surface area contributed by atoms with Gasteiger partial charge in [-0.15, -0.1) is 10.2 Å². The van der Waals surface area contributed by atoms with Crippen LogP contribution in [-0.2, 0) is 0 Å². The SMILES string of the molecule is c1ccc(-c2nnc(-c3ccccc3N(c3ccccc3)c3ccccc3)o2)cc1. The first-order valence-corrected chi connectivity index (χ1v) is 9.79. The van der Waals surface area contributed by atoms with Crippen LogP contribution in [0.2, 0.25) is 0 Å². The van der Waals surface area contributed by atoms with E-state index in [0.29, 0.717) is 11.8 Å². The highest BCUT2D eigenvalue weighted by molar-refractivity contribution is 5.85. The fraction of sp³-hybridized carbons (Fsp3) is 0. The Labute approximate surface area is 175 Å². The van der Waals surface area contributed by atoms with Crippen molar-refractivity contribution in [2.45, 2.75) is 0 Å². The van der Waals surface area contributed by atoms with Gasteiger partial charge in [-0.2, -0.15) is 0 Å². The van der Waals surface area contributed by atoms with Crippen molar-refractivity contribution in [1.82, 2.24) is 10.2 Å². The number of hydrogen-bond donors (Lipinski definition) is 0. The molecule has 0 saturated carbocycles. The zero-order valence-corrected chi connectivity index (χ0v) is 16.2. The summed E-state index contributed by atoms with van der Waals surface area (Å²) in [6, 6.07) is 38.4. The molecule has 0 aliphatic carbocycles. The van der Waals surface area contributed by atoms with Crippen LogP contribution in [0.4, 0.5) is 17.1 Å². The Kier molecular flexibility index (Phi) is 4.80. The molecule has 0 atom stereocenters. The second-order valence-corrected chi connectivity index (χ2v) is 6.80. The molecule has 4 aromatic carbocycles. The molecule has 5 rings (SSSR count). The zero-order chi connectivity index (χ0) is 20.2. The molecule has 0 aliphatic heterocycles. The Hall–Kier alpha value is -4.18. The molecule has 144 valence electrons. The van der Waals surface area contributed by atoms with Crippen LogP contribution in [0.5, 0.6) is 0 Å². The third-order valence-corrected chi connectivity index (χ3v) is 4.85. The molecule has 0 fully saturated rings. The molecule has 0 amide bonds. The van der Waals surface area contributed by atoms with Gasteiger partial charge in [0.1, 0.15) is 0 Å². The highest BCUT2D eigenvalue weighted by Gasteiger charge is 2.20. The summed E-state index contributed by atoms with van der Waals surface area (Å²) in [5, 5.41) is 8.62. The van der Waals surface area contributed by atoms with Gasteiger partial charge in [0.05, 0.1) is 11.3 Å². The number of hydrogen-bond acceptors (Lipinski definition) is 4. The third-order valence-electron chi connectivity index (χ3n) is 4.85. The summed E-state index contributed by atoms with van der Waals surface area (Å²) in [6.45, 7) is 0. The minimum absolute atomic E-state index is 0.487. The lowest BCUT2D eigenvalue weighted by atomic mass is 10.1. The van der Waals surface area contributed by atoms with Crippen LogP contribution < -0.4 is 4.90 Å². The van der Waals surface area contributed by atoms with E-state index >= 15 is 0 Å². The van der Waals surface area contributed by atoms with E-state index < -0.39 is 0 Å². The Bertz CT molecular complexity index is 1200. The van der Waals surface area contributed by atoms with Crippen LogP contribution in [0.15, 0.2) is 120 Å². The van der Waals surface area contributed by atoms with Crippen LogP contribution in [0.1, 0.15) is 0 Å². The summed E-state index contributed by atoms with van der Waals surface area (Å²) in [6.07, 6.45) is 0. The van der Waals surface area contributed by atoms with Gasteiger partial charge in [-0.1, -0.05) is 66.7 Å². The Morgan fingerprint density at radius 2 is 1.00 bits per heavy atom. The first-order chi connectivity index (χ1) is 14.9. The quantitative estimate of drug-likeness (QED) is 0.329. The maximum absolute atomic E-state index is 6.07. The molecule has 0 radical (unpaired) electrons. The van der Waals surface area contributed by atoms with E-state index in [1.54, 1.807) is 0 Å². The van der Waals surface area contributed by atoms with Crippen LogP contribution >= 0.6 is 0 Å². The maximum Gasteiger partial charge on any atom is 0.250 e. The Balaban J connectivity index is 1.64. The van der Waals surface area contributed by atoms with Crippen molar-refractivity contribution in [2.24, 2.45) is 0 Å².